The van der Waals surface area contributed by atoms with Gasteiger partial charge in [0, 0.05) is 12.1 Å². The fourth-order valence-corrected chi connectivity index (χ4v) is 2.57. The summed E-state index contributed by atoms with van der Waals surface area (Å²) in [6.45, 7) is 7.22. The zero-order valence-electron chi connectivity index (χ0n) is 15.5. The third-order valence-corrected chi connectivity index (χ3v) is 4.39. The maximum Gasteiger partial charge on any atom is 0.310 e. The summed E-state index contributed by atoms with van der Waals surface area (Å²) >= 11 is 0. The molecule has 0 radical (unpaired) electrons. The molecule has 0 spiro atoms. The lowest BCUT2D eigenvalue weighted by Gasteiger charge is -2.28. The first kappa shape index (κ1) is 19.2. The highest BCUT2D eigenvalue weighted by atomic mass is 16.5. The number of ether oxygens (including phenoxy) is 1. The van der Waals surface area contributed by atoms with E-state index in [-0.39, 0.29) is 17.4 Å². The van der Waals surface area contributed by atoms with Crippen molar-refractivity contribution in [2.24, 2.45) is 5.92 Å². The molecule has 2 aromatic rings. The first-order valence-corrected chi connectivity index (χ1v) is 8.96. The van der Waals surface area contributed by atoms with Crippen LogP contribution in [0, 0.1) is 5.92 Å². The smallest absolute Gasteiger partial charge is 0.310 e. The van der Waals surface area contributed by atoms with Crippen molar-refractivity contribution in [3.63, 3.8) is 0 Å². The summed E-state index contributed by atoms with van der Waals surface area (Å²) in [7, 11) is 0. The Hall–Kier alpha value is -2.13. The van der Waals surface area contributed by atoms with Crippen LogP contribution in [-0.2, 0) is 22.6 Å². The number of aryl methyl sites for hydroxylation is 1. The van der Waals surface area contributed by atoms with Crippen molar-refractivity contribution in [2.75, 3.05) is 6.54 Å². The van der Waals surface area contributed by atoms with Crippen molar-refractivity contribution in [1.29, 1.82) is 0 Å². The molecule has 2 aromatic carbocycles. The Bertz CT molecular complexity index is 638. The van der Waals surface area contributed by atoms with Gasteiger partial charge in [0.15, 0.2) is 0 Å². The molecule has 134 valence electrons. The Morgan fingerprint density at radius 1 is 1.00 bits per heavy atom. The highest BCUT2D eigenvalue weighted by Gasteiger charge is 2.21. The molecule has 1 N–H and O–H groups in total. The molecular formula is C22H29NO2. The molecule has 25 heavy (non-hydrogen) atoms. The van der Waals surface area contributed by atoms with Crippen molar-refractivity contribution in [3.8, 4) is 0 Å². The average molecular weight is 339 g/mol. The van der Waals surface area contributed by atoms with Crippen molar-refractivity contribution >= 4 is 5.97 Å². The summed E-state index contributed by atoms with van der Waals surface area (Å²) < 4.78 is 5.41. The van der Waals surface area contributed by atoms with E-state index < -0.39 is 0 Å². The van der Waals surface area contributed by atoms with Crippen LogP contribution in [0.25, 0.3) is 0 Å². The van der Waals surface area contributed by atoms with Gasteiger partial charge in [0.25, 0.3) is 0 Å². The highest BCUT2D eigenvalue weighted by Crippen LogP contribution is 2.14. The number of hydrogen-bond donors (Lipinski definition) is 1. The summed E-state index contributed by atoms with van der Waals surface area (Å²) in [6.07, 6.45) is 2.04. The van der Waals surface area contributed by atoms with Crippen molar-refractivity contribution in [3.05, 3.63) is 71.8 Å². The molecule has 0 saturated carbocycles. The molecule has 0 saturated heterocycles. The lowest BCUT2D eigenvalue weighted by atomic mass is 9.94. The quantitative estimate of drug-likeness (QED) is 0.690. The Balaban J connectivity index is 1.71. The van der Waals surface area contributed by atoms with Crippen LogP contribution in [0.5, 0.6) is 0 Å². The molecular weight excluding hydrogens is 310 g/mol. The molecule has 0 fully saturated rings. The van der Waals surface area contributed by atoms with Crippen LogP contribution >= 0.6 is 0 Å². The molecule has 0 aliphatic carbocycles. The number of nitrogens with one attached hydrogen (secondary N) is 1. The molecule has 3 heteroatoms. The number of carbonyl (C=O) groups excluding carboxylic acids is 1. The number of benzene rings is 2. The van der Waals surface area contributed by atoms with Crippen LogP contribution in [-0.4, -0.2) is 18.1 Å². The van der Waals surface area contributed by atoms with Crippen LogP contribution in [0.1, 0.15) is 38.3 Å². The van der Waals surface area contributed by atoms with Gasteiger partial charge in [0.05, 0.1) is 5.92 Å². The molecule has 0 aliphatic rings. The van der Waals surface area contributed by atoms with E-state index in [4.69, 9.17) is 4.74 Å². The summed E-state index contributed by atoms with van der Waals surface area (Å²) in [5.41, 5.74) is 2.33. The van der Waals surface area contributed by atoms with Crippen molar-refractivity contribution in [2.45, 2.75) is 45.8 Å². The van der Waals surface area contributed by atoms with E-state index in [1.54, 1.807) is 0 Å². The first-order chi connectivity index (χ1) is 12.0. The second-order valence-electron chi connectivity index (χ2n) is 7.24. The van der Waals surface area contributed by atoms with Crippen LogP contribution in [0.3, 0.4) is 0 Å². The molecule has 0 heterocycles. The third-order valence-electron chi connectivity index (χ3n) is 4.39. The maximum atomic E-state index is 12.2. The van der Waals surface area contributed by atoms with Gasteiger partial charge >= 0.3 is 5.97 Å². The van der Waals surface area contributed by atoms with Gasteiger partial charge in [-0.3, -0.25) is 4.79 Å². The van der Waals surface area contributed by atoms with E-state index in [1.807, 2.05) is 43.3 Å². The largest absolute Gasteiger partial charge is 0.461 e. The van der Waals surface area contributed by atoms with Gasteiger partial charge in [-0.25, -0.2) is 0 Å². The Labute approximate surface area is 151 Å². The summed E-state index contributed by atoms with van der Waals surface area (Å²) in [5.74, 6) is -0.324. The lowest BCUT2D eigenvalue weighted by Crippen LogP contribution is -2.43. The van der Waals surface area contributed by atoms with Gasteiger partial charge in [-0.15, -0.1) is 0 Å². The third kappa shape index (κ3) is 7.10. The molecule has 0 bridgehead atoms. The number of carbonyl (C=O) groups is 1. The second kappa shape index (κ2) is 9.38. The first-order valence-electron chi connectivity index (χ1n) is 8.96. The molecule has 0 amide bonds. The summed E-state index contributed by atoms with van der Waals surface area (Å²) in [4.78, 5) is 12.2. The predicted molar refractivity (Wildman–Crippen MR) is 102 cm³/mol. The van der Waals surface area contributed by atoms with E-state index >= 15 is 0 Å². The average Bonchev–Trinajstić information content (AvgIpc) is 2.64. The molecule has 0 aromatic heterocycles. The second-order valence-corrected chi connectivity index (χ2v) is 7.24. The Kier molecular flexibility index (Phi) is 7.20. The molecule has 0 aliphatic heterocycles. The van der Waals surface area contributed by atoms with Gasteiger partial charge in [-0.2, -0.15) is 0 Å². The zero-order chi connectivity index (χ0) is 18.1. The van der Waals surface area contributed by atoms with Crippen LogP contribution in [0.15, 0.2) is 60.7 Å². The molecule has 1 unspecified atom stereocenters. The predicted octanol–water partition coefficient (Wildman–Crippen LogP) is 4.37. The SMILES string of the molecule is CC(CNC(C)(C)CCc1ccccc1)C(=O)OCc1ccccc1. The Morgan fingerprint density at radius 2 is 1.56 bits per heavy atom. The molecule has 1 atom stereocenters. The minimum Gasteiger partial charge on any atom is -0.461 e. The maximum absolute atomic E-state index is 12.2. The topological polar surface area (TPSA) is 38.3 Å². The highest BCUT2D eigenvalue weighted by molar-refractivity contribution is 5.72. The van der Waals surface area contributed by atoms with Gasteiger partial charge in [-0.05, 0) is 37.8 Å². The van der Waals surface area contributed by atoms with E-state index in [1.165, 1.54) is 5.56 Å². The standard InChI is InChI=1S/C22H29NO2/c1-18(21(24)25-17-20-12-8-5-9-13-20)16-23-22(2,3)15-14-19-10-6-4-7-11-19/h4-13,18,23H,14-17H2,1-3H3. The fraction of sp³-hybridized carbons (Fsp3) is 0.409. The van der Waals surface area contributed by atoms with E-state index in [0.29, 0.717) is 13.2 Å². The molecule has 2 rings (SSSR count). The number of rotatable bonds is 9. The lowest BCUT2D eigenvalue weighted by molar-refractivity contribution is -0.149. The summed E-state index contributed by atoms with van der Waals surface area (Å²) in [5, 5.41) is 3.51. The Morgan fingerprint density at radius 3 is 2.16 bits per heavy atom. The van der Waals surface area contributed by atoms with Crippen molar-refractivity contribution < 1.29 is 9.53 Å². The monoisotopic (exact) mass is 339 g/mol. The summed E-state index contributed by atoms with van der Waals surface area (Å²) in [6, 6.07) is 20.3. The minimum absolute atomic E-state index is 0.0240. The van der Waals surface area contributed by atoms with Crippen LogP contribution in [0.2, 0.25) is 0 Å². The van der Waals surface area contributed by atoms with E-state index in [0.717, 1.165) is 18.4 Å². The minimum atomic E-state index is -0.167. The van der Waals surface area contributed by atoms with Crippen LogP contribution < -0.4 is 5.32 Å². The van der Waals surface area contributed by atoms with Crippen molar-refractivity contribution in [1.82, 2.24) is 5.32 Å². The van der Waals surface area contributed by atoms with E-state index in [2.05, 4.69) is 43.4 Å². The van der Waals surface area contributed by atoms with Gasteiger partial charge in [0.1, 0.15) is 6.61 Å². The zero-order valence-corrected chi connectivity index (χ0v) is 15.5. The number of esters is 1. The van der Waals surface area contributed by atoms with E-state index in [9.17, 15) is 4.79 Å². The van der Waals surface area contributed by atoms with Gasteiger partial charge in [-0.1, -0.05) is 67.6 Å². The van der Waals surface area contributed by atoms with Gasteiger partial charge < -0.3 is 10.1 Å². The van der Waals surface area contributed by atoms with Crippen LogP contribution in [0.4, 0.5) is 0 Å². The molecule has 3 nitrogen and oxygen atoms in total. The number of hydrogen-bond acceptors (Lipinski definition) is 3. The fourth-order valence-electron chi connectivity index (χ4n) is 2.57. The van der Waals surface area contributed by atoms with Gasteiger partial charge in [0.2, 0.25) is 0 Å². The normalized spacial score (nSPS) is 12.6.